The van der Waals surface area contributed by atoms with Gasteiger partial charge >= 0.3 is 5.97 Å². The smallest absolute Gasteiger partial charge is 0.338 e. The third-order valence-electron chi connectivity index (χ3n) is 7.18. The number of carboxylic acids is 1. The molecule has 6 rings (SSSR count). The summed E-state index contributed by atoms with van der Waals surface area (Å²) in [5.41, 5.74) is -1.30. The maximum atomic E-state index is 14.3. The van der Waals surface area contributed by atoms with Crippen molar-refractivity contribution in [1.29, 1.82) is 0 Å². The van der Waals surface area contributed by atoms with E-state index in [4.69, 9.17) is 9.47 Å². The molecule has 4 aliphatic carbocycles. The lowest BCUT2D eigenvalue weighted by Gasteiger charge is -2.56. The predicted molar refractivity (Wildman–Crippen MR) is 94.2 cm³/mol. The van der Waals surface area contributed by atoms with Crippen LogP contribution in [0.2, 0.25) is 0 Å². The molecule has 0 unspecified atom stereocenters. The summed E-state index contributed by atoms with van der Waals surface area (Å²) in [6.07, 6.45) is 7.50. The fourth-order valence-corrected chi connectivity index (χ4v) is 6.35. The van der Waals surface area contributed by atoms with Crippen molar-refractivity contribution >= 4 is 5.97 Å². The second kappa shape index (κ2) is 5.92. The first kappa shape index (κ1) is 17.4. The molecule has 1 saturated heterocycles. The van der Waals surface area contributed by atoms with E-state index >= 15 is 0 Å². The molecule has 4 bridgehead atoms. The Kier molecular flexibility index (Phi) is 3.82. The van der Waals surface area contributed by atoms with Crippen molar-refractivity contribution in [3.63, 3.8) is 0 Å². The van der Waals surface area contributed by atoms with Gasteiger partial charge in [-0.25, -0.2) is 9.18 Å². The summed E-state index contributed by atoms with van der Waals surface area (Å²) < 4.78 is 25.5. The van der Waals surface area contributed by atoms with Crippen LogP contribution in [0.15, 0.2) is 12.1 Å². The molecular formula is C21H25FO5. The van der Waals surface area contributed by atoms with E-state index in [2.05, 4.69) is 0 Å². The van der Waals surface area contributed by atoms with Crippen LogP contribution in [0, 0.1) is 29.0 Å². The number of halogens is 1. The largest absolute Gasteiger partial charge is 0.493 e. The molecule has 146 valence electrons. The average molecular weight is 376 g/mol. The van der Waals surface area contributed by atoms with Gasteiger partial charge in [-0.05, 0) is 62.3 Å². The van der Waals surface area contributed by atoms with E-state index in [0.29, 0.717) is 12.2 Å². The van der Waals surface area contributed by atoms with E-state index in [1.165, 1.54) is 44.6 Å². The minimum absolute atomic E-state index is 0.0609. The van der Waals surface area contributed by atoms with Gasteiger partial charge in [-0.1, -0.05) is 0 Å². The van der Waals surface area contributed by atoms with Crippen molar-refractivity contribution in [2.45, 2.75) is 44.1 Å². The predicted octanol–water partition coefficient (Wildman–Crippen LogP) is 3.34. The lowest BCUT2D eigenvalue weighted by atomic mass is 9.50. The Balaban J connectivity index is 1.43. The minimum Gasteiger partial charge on any atom is -0.493 e. The van der Waals surface area contributed by atoms with Gasteiger partial charge in [-0.2, -0.15) is 0 Å². The fourth-order valence-electron chi connectivity index (χ4n) is 6.35. The Morgan fingerprint density at radius 2 is 1.74 bits per heavy atom. The number of aromatic carboxylic acids is 1. The summed E-state index contributed by atoms with van der Waals surface area (Å²) in [5.74, 6) is 0.416. The third kappa shape index (κ3) is 2.85. The molecule has 5 fully saturated rings. The first-order valence-corrected chi connectivity index (χ1v) is 9.86. The van der Waals surface area contributed by atoms with Gasteiger partial charge in [0.05, 0.1) is 25.4 Å². The van der Waals surface area contributed by atoms with Crippen molar-refractivity contribution in [1.82, 2.24) is 0 Å². The Morgan fingerprint density at radius 1 is 1.15 bits per heavy atom. The highest BCUT2D eigenvalue weighted by atomic mass is 19.1. The number of benzene rings is 1. The molecule has 1 heterocycles. The minimum atomic E-state index is -1.36. The van der Waals surface area contributed by atoms with Gasteiger partial charge in [-0.15, -0.1) is 0 Å². The van der Waals surface area contributed by atoms with Crippen LogP contribution in [0.5, 0.6) is 5.75 Å². The third-order valence-corrected chi connectivity index (χ3v) is 7.18. The summed E-state index contributed by atoms with van der Waals surface area (Å²) in [5, 5.41) is 19.9. The molecule has 2 N–H and O–H groups in total. The molecule has 0 atom stereocenters. The maximum absolute atomic E-state index is 14.3. The van der Waals surface area contributed by atoms with E-state index < -0.39 is 23.0 Å². The highest BCUT2D eigenvalue weighted by molar-refractivity contribution is 5.88. The normalized spacial score (nSPS) is 35.7. The van der Waals surface area contributed by atoms with Crippen LogP contribution in [-0.4, -0.2) is 36.0 Å². The van der Waals surface area contributed by atoms with Gasteiger partial charge in [0.1, 0.15) is 17.2 Å². The van der Waals surface area contributed by atoms with Crippen molar-refractivity contribution in [3.8, 4) is 5.75 Å². The number of ether oxygens (including phenoxy) is 2. The molecule has 1 aromatic carbocycles. The molecule has 1 aromatic rings. The number of carbonyl (C=O) groups is 1. The molecule has 0 amide bonds. The number of hydrogen-bond acceptors (Lipinski definition) is 4. The van der Waals surface area contributed by atoms with Gasteiger partial charge in [0.15, 0.2) is 0 Å². The molecule has 5 aliphatic rings. The Hall–Kier alpha value is -1.66. The second-order valence-corrected chi connectivity index (χ2v) is 9.36. The molecule has 27 heavy (non-hydrogen) atoms. The molecule has 5 nitrogen and oxygen atoms in total. The van der Waals surface area contributed by atoms with E-state index in [-0.39, 0.29) is 24.4 Å². The highest BCUT2D eigenvalue weighted by Gasteiger charge is 2.51. The monoisotopic (exact) mass is 376 g/mol. The molecule has 6 heteroatoms. The summed E-state index contributed by atoms with van der Waals surface area (Å²) in [4.78, 5) is 11.3. The van der Waals surface area contributed by atoms with Crippen molar-refractivity contribution in [2.24, 2.45) is 23.2 Å². The standard InChI is InChI=1S/C21H25FO5/c22-17-5-18(16(4-15(17)19(23)24)21(25)10-26-11-21)27-9-20-6-12-1-13(7-20)3-14(2-12)8-20/h4-5,12-14,25H,1-3,6-11H2,(H,23,24). The van der Waals surface area contributed by atoms with Crippen LogP contribution < -0.4 is 4.74 Å². The van der Waals surface area contributed by atoms with Crippen LogP contribution in [0.25, 0.3) is 0 Å². The Bertz CT molecular complexity index is 750. The van der Waals surface area contributed by atoms with Gasteiger partial charge in [0.2, 0.25) is 0 Å². The number of carboxylic acid groups (broad SMARTS) is 1. The maximum Gasteiger partial charge on any atom is 0.338 e. The topological polar surface area (TPSA) is 76.0 Å². The van der Waals surface area contributed by atoms with Crippen molar-refractivity contribution in [2.75, 3.05) is 19.8 Å². The number of rotatable bonds is 5. The van der Waals surface area contributed by atoms with Crippen LogP contribution in [-0.2, 0) is 10.3 Å². The zero-order valence-corrected chi connectivity index (χ0v) is 15.2. The van der Waals surface area contributed by atoms with Crippen LogP contribution in [0.3, 0.4) is 0 Å². The van der Waals surface area contributed by atoms with Gasteiger partial charge in [0.25, 0.3) is 0 Å². The van der Waals surface area contributed by atoms with Crippen LogP contribution in [0.4, 0.5) is 4.39 Å². The zero-order chi connectivity index (χ0) is 18.8. The van der Waals surface area contributed by atoms with E-state index in [1.54, 1.807) is 0 Å². The Morgan fingerprint density at radius 3 is 2.22 bits per heavy atom. The Labute approximate surface area is 157 Å². The van der Waals surface area contributed by atoms with Crippen molar-refractivity contribution in [3.05, 3.63) is 29.1 Å². The SMILES string of the molecule is O=C(O)c1cc(C2(O)COC2)c(OCC23CC4CC(CC(C4)C2)C3)cc1F. The quantitative estimate of drug-likeness (QED) is 0.824. The van der Waals surface area contributed by atoms with Crippen LogP contribution in [0.1, 0.15) is 54.4 Å². The van der Waals surface area contributed by atoms with E-state index in [9.17, 15) is 19.4 Å². The van der Waals surface area contributed by atoms with Gasteiger partial charge in [-0.3, -0.25) is 0 Å². The molecule has 0 aromatic heterocycles. The summed E-state index contributed by atoms with van der Waals surface area (Å²) in [7, 11) is 0. The van der Waals surface area contributed by atoms with Crippen LogP contribution >= 0.6 is 0 Å². The first-order chi connectivity index (χ1) is 12.9. The van der Waals surface area contributed by atoms with Gasteiger partial charge in [0, 0.05) is 17.0 Å². The number of hydrogen-bond donors (Lipinski definition) is 2. The molecule has 1 aliphatic heterocycles. The summed E-state index contributed by atoms with van der Waals surface area (Å²) in [6.45, 7) is 0.628. The van der Waals surface area contributed by atoms with Crippen molar-refractivity contribution < 1.29 is 28.9 Å². The first-order valence-electron chi connectivity index (χ1n) is 9.86. The number of aliphatic hydroxyl groups is 1. The average Bonchev–Trinajstić information content (AvgIpc) is 2.56. The lowest BCUT2D eigenvalue weighted by Crippen LogP contribution is -2.49. The lowest BCUT2D eigenvalue weighted by molar-refractivity contribution is -0.185. The van der Waals surface area contributed by atoms with E-state index in [1.807, 2.05) is 0 Å². The molecule has 4 saturated carbocycles. The summed E-state index contributed by atoms with van der Waals surface area (Å²) >= 11 is 0. The molecule has 0 spiro atoms. The molecule has 0 radical (unpaired) electrons. The van der Waals surface area contributed by atoms with E-state index in [0.717, 1.165) is 23.8 Å². The zero-order valence-electron chi connectivity index (χ0n) is 15.2. The molecular weight excluding hydrogens is 351 g/mol. The van der Waals surface area contributed by atoms with Gasteiger partial charge < -0.3 is 19.7 Å². The second-order valence-electron chi connectivity index (χ2n) is 9.36. The summed E-state index contributed by atoms with van der Waals surface area (Å²) in [6, 6.07) is 2.32. The fraction of sp³-hybridized carbons (Fsp3) is 0.667. The highest BCUT2D eigenvalue weighted by Crippen LogP contribution is 2.60.